The molecular weight excluding hydrogens is 366 g/mol. The second kappa shape index (κ2) is 7.87. The first-order chi connectivity index (χ1) is 13.3. The predicted octanol–water partition coefficient (Wildman–Crippen LogP) is 2.42. The molecule has 3 atom stereocenters. The Labute approximate surface area is 161 Å². The Hall–Kier alpha value is -3.10. The minimum absolute atomic E-state index is 0.172. The van der Waals surface area contributed by atoms with Crippen LogP contribution in [-0.4, -0.2) is 23.0 Å². The van der Waals surface area contributed by atoms with E-state index in [2.05, 4.69) is 17.6 Å². The summed E-state index contributed by atoms with van der Waals surface area (Å²) in [5.74, 6) is -0.855. The molecule has 0 spiro atoms. The molecule has 0 radical (unpaired) electrons. The highest BCUT2D eigenvalue weighted by Gasteiger charge is 2.34. The van der Waals surface area contributed by atoms with Crippen LogP contribution in [0.1, 0.15) is 51.1 Å². The molecule has 1 aliphatic heterocycles. The Morgan fingerprint density at radius 3 is 2.75 bits per heavy atom. The highest BCUT2D eigenvalue weighted by molar-refractivity contribution is 5.95. The van der Waals surface area contributed by atoms with Crippen molar-refractivity contribution in [1.82, 2.24) is 10.6 Å². The van der Waals surface area contributed by atoms with Crippen LogP contribution in [0, 0.1) is 16.0 Å². The number of esters is 1. The van der Waals surface area contributed by atoms with Gasteiger partial charge in [0, 0.05) is 11.8 Å². The van der Waals surface area contributed by atoms with Gasteiger partial charge in [-0.1, -0.05) is 25.5 Å². The molecule has 0 unspecified atom stereocenters. The van der Waals surface area contributed by atoms with Crippen LogP contribution >= 0.6 is 0 Å². The molecule has 2 amide bonds. The number of nitro benzene ring substituents is 1. The summed E-state index contributed by atoms with van der Waals surface area (Å²) < 4.78 is 5.68. The van der Waals surface area contributed by atoms with Gasteiger partial charge in [0.05, 0.1) is 16.5 Å². The van der Waals surface area contributed by atoms with Gasteiger partial charge in [0.1, 0.15) is 6.10 Å². The highest BCUT2D eigenvalue weighted by atomic mass is 16.6. The summed E-state index contributed by atoms with van der Waals surface area (Å²) in [4.78, 5) is 35.1. The van der Waals surface area contributed by atoms with Gasteiger partial charge in [-0.05, 0) is 43.4 Å². The summed E-state index contributed by atoms with van der Waals surface area (Å²) in [6, 6.07) is 2.03. The Balaban J connectivity index is 1.91. The molecule has 1 heterocycles. The molecule has 1 saturated carbocycles. The Morgan fingerprint density at radius 2 is 2.07 bits per heavy atom. The lowest BCUT2D eigenvalue weighted by molar-refractivity contribution is -0.398. The van der Waals surface area contributed by atoms with Gasteiger partial charge in [-0.2, -0.15) is 0 Å². The Bertz CT molecular complexity index is 850. The van der Waals surface area contributed by atoms with Gasteiger partial charge in [-0.3, -0.25) is 10.1 Å². The van der Waals surface area contributed by atoms with E-state index in [4.69, 9.17) is 4.74 Å². The van der Waals surface area contributed by atoms with E-state index >= 15 is 0 Å². The van der Waals surface area contributed by atoms with Crippen LogP contribution in [0.5, 0.6) is 5.75 Å². The first-order valence-corrected chi connectivity index (χ1v) is 9.21. The molecule has 1 aromatic rings. The van der Waals surface area contributed by atoms with E-state index in [9.17, 15) is 24.8 Å². The number of urea groups is 1. The minimum atomic E-state index is -0.943. The molecule has 150 valence electrons. The average Bonchev–Trinajstić information content (AvgIpc) is 2.61. The van der Waals surface area contributed by atoms with Gasteiger partial charge in [-0.25, -0.2) is 9.59 Å². The largest absolute Gasteiger partial charge is 0.868 e. The number of rotatable bonds is 4. The van der Waals surface area contributed by atoms with Crippen LogP contribution in [-0.2, 0) is 9.53 Å². The molecule has 1 aliphatic carbocycles. The number of hydrogen-bond acceptors (Lipinski definition) is 6. The smallest absolute Gasteiger partial charge is 0.338 e. The number of amides is 2. The number of ether oxygens (including phenoxy) is 1. The molecule has 0 aromatic heterocycles. The fourth-order valence-electron chi connectivity index (χ4n) is 3.77. The number of nitro groups is 1. The van der Waals surface area contributed by atoms with Gasteiger partial charge < -0.3 is 20.5 Å². The topological polar surface area (TPSA) is 134 Å². The zero-order valence-electron chi connectivity index (χ0n) is 15.7. The van der Waals surface area contributed by atoms with Crippen molar-refractivity contribution in [2.45, 2.75) is 51.7 Å². The third-order valence-corrected chi connectivity index (χ3v) is 5.16. The summed E-state index contributed by atoms with van der Waals surface area (Å²) in [5, 5.41) is 27.9. The van der Waals surface area contributed by atoms with E-state index in [1.807, 2.05) is 0 Å². The van der Waals surface area contributed by atoms with Crippen LogP contribution < -0.4 is 15.7 Å². The molecule has 28 heavy (non-hydrogen) atoms. The molecule has 1 aromatic carbocycles. The molecule has 1 fully saturated rings. The van der Waals surface area contributed by atoms with Crippen LogP contribution in [0.25, 0.3) is 0 Å². The summed E-state index contributed by atoms with van der Waals surface area (Å²) in [5.41, 5.74) is 0.142. The van der Waals surface area contributed by atoms with Crippen molar-refractivity contribution >= 4 is 17.7 Å². The van der Waals surface area contributed by atoms with Crippen molar-refractivity contribution in [3.63, 3.8) is 0 Å². The fraction of sp³-hybridized carbons (Fsp3) is 0.474. The third-order valence-electron chi connectivity index (χ3n) is 5.16. The maximum atomic E-state index is 12.9. The van der Waals surface area contributed by atoms with Gasteiger partial charge in [0.15, 0.2) is 0 Å². The Morgan fingerprint density at radius 1 is 1.32 bits per heavy atom. The molecule has 0 saturated heterocycles. The van der Waals surface area contributed by atoms with E-state index in [0.29, 0.717) is 11.6 Å². The van der Waals surface area contributed by atoms with Crippen LogP contribution in [0.3, 0.4) is 0 Å². The molecule has 9 nitrogen and oxygen atoms in total. The number of carbonyl (C=O) groups is 2. The lowest BCUT2D eigenvalue weighted by atomic mass is 9.88. The maximum Gasteiger partial charge on any atom is 0.338 e. The van der Waals surface area contributed by atoms with Crippen molar-refractivity contribution in [3.05, 3.63) is 45.1 Å². The van der Waals surface area contributed by atoms with Crippen LogP contribution in [0.2, 0.25) is 0 Å². The molecule has 9 heteroatoms. The quantitative estimate of drug-likeness (QED) is 0.462. The fourth-order valence-corrected chi connectivity index (χ4v) is 3.77. The van der Waals surface area contributed by atoms with Crippen molar-refractivity contribution in [1.29, 1.82) is 0 Å². The first-order valence-electron chi connectivity index (χ1n) is 9.21. The number of allylic oxidation sites excluding steroid dienone is 1. The second-order valence-electron chi connectivity index (χ2n) is 7.35. The predicted molar refractivity (Wildman–Crippen MR) is 97.2 cm³/mol. The summed E-state index contributed by atoms with van der Waals surface area (Å²) in [7, 11) is 0. The van der Waals surface area contributed by atoms with Crippen molar-refractivity contribution in [3.8, 4) is 5.75 Å². The molecule has 2 aliphatic rings. The molecule has 0 bridgehead atoms. The molecule has 2 N–H and O–H groups in total. The normalized spacial score (nSPS) is 24.9. The SMILES string of the molecule is CC1=C(C(=O)O[C@@H]2CCC[C@H](C)C2)[C@@H](c2ccc([O-])c([N+](=O)[O-])c2)NC(=O)N1. The van der Waals surface area contributed by atoms with E-state index in [-0.39, 0.29) is 17.2 Å². The molecule has 3 rings (SSSR count). The van der Waals surface area contributed by atoms with Crippen molar-refractivity contribution in [2.24, 2.45) is 5.92 Å². The van der Waals surface area contributed by atoms with Gasteiger partial charge in [0.2, 0.25) is 0 Å². The van der Waals surface area contributed by atoms with Crippen LogP contribution in [0.4, 0.5) is 10.5 Å². The van der Waals surface area contributed by atoms with E-state index in [1.54, 1.807) is 6.92 Å². The van der Waals surface area contributed by atoms with Crippen molar-refractivity contribution in [2.75, 3.05) is 0 Å². The minimum Gasteiger partial charge on any atom is -0.868 e. The highest BCUT2D eigenvalue weighted by Crippen LogP contribution is 2.34. The number of nitrogens with one attached hydrogen (secondary N) is 2. The van der Waals surface area contributed by atoms with E-state index in [1.165, 1.54) is 6.07 Å². The zero-order chi connectivity index (χ0) is 20.4. The summed E-state index contributed by atoms with van der Waals surface area (Å²) in [6.07, 6.45) is 3.43. The lowest BCUT2D eigenvalue weighted by Crippen LogP contribution is -2.45. The summed E-state index contributed by atoms with van der Waals surface area (Å²) >= 11 is 0. The monoisotopic (exact) mass is 388 g/mol. The first kappa shape index (κ1) is 19.7. The average molecular weight is 388 g/mol. The third kappa shape index (κ3) is 4.08. The number of nitrogens with zero attached hydrogens (tertiary/aromatic N) is 1. The maximum absolute atomic E-state index is 12.9. The van der Waals surface area contributed by atoms with Gasteiger partial charge in [0.25, 0.3) is 5.69 Å². The number of hydrogen-bond donors (Lipinski definition) is 2. The lowest BCUT2D eigenvalue weighted by Gasteiger charge is -2.31. The number of benzene rings is 1. The number of carbonyl (C=O) groups excluding carboxylic acids is 2. The van der Waals surface area contributed by atoms with E-state index in [0.717, 1.165) is 37.8 Å². The van der Waals surface area contributed by atoms with Gasteiger partial charge in [-0.15, -0.1) is 0 Å². The Kier molecular flexibility index (Phi) is 5.53. The second-order valence-corrected chi connectivity index (χ2v) is 7.35. The summed E-state index contributed by atoms with van der Waals surface area (Å²) in [6.45, 7) is 3.68. The standard InChI is InChI=1S/C19H23N3O6/c1-10-4-3-5-13(8-10)28-18(24)16-11(2)20-19(25)21-17(16)12-6-7-15(23)14(9-12)22(26)27/h6-7,9-10,13,17,23H,3-5,8H2,1-2H3,(H2,20,21,25)/p-1/t10-,13+,17+/m0/s1. The van der Waals surface area contributed by atoms with Crippen LogP contribution in [0.15, 0.2) is 29.5 Å². The van der Waals surface area contributed by atoms with Crippen molar-refractivity contribution < 1.29 is 24.4 Å². The van der Waals surface area contributed by atoms with E-state index < -0.39 is 34.4 Å². The van der Waals surface area contributed by atoms with Gasteiger partial charge >= 0.3 is 12.0 Å². The zero-order valence-corrected chi connectivity index (χ0v) is 15.7. The molecular formula is C19H22N3O6-.